The Morgan fingerprint density at radius 2 is 1.94 bits per heavy atom. The first-order valence-electron chi connectivity index (χ1n) is 4.91. The van der Waals surface area contributed by atoms with Crippen molar-refractivity contribution in [3.05, 3.63) is 47.8 Å². The van der Waals surface area contributed by atoms with Gasteiger partial charge in [-0.25, -0.2) is 4.98 Å². The zero-order valence-corrected chi connectivity index (χ0v) is 8.38. The molecule has 0 fully saturated rings. The number of aromatic nitrogens is 2. The van der Waals surface area contributed by atoms with E-state index in [4.69, 9.17) is 5.41 Å². The molecule has 0 unspecified atom stereocenters. The Labute approximate surface area is 91.2 Å². The van der Waals surface area contributed by atoms with Crippen LogP contribution in [-0.2, 0) is 0 Å². The molecule has 0 atom stereocenters. The SMILES string of the molecule is N=c1ccc2nc3ccccc3n(O)c-2c1. The van der Waals surface area contributed by atoms with E-state index in [1.54, 1.807) is 24.3 Å². The Hall–Kier alpha value is -2.36. The summed E-state index contributed by atoms with van der Waals surface area (Å²) in [6, 6.07) is 12.3. The van der Waals surface area contributed by atoms with Crippen molar-refractivity contribution >= 4 is 11.0 Å². The molecule has 0 amide bonds. The molecule has 0 saturated carbocycles. The first-order chi connectivity index (χ1) is 7.75. The summed E-state index contributed by atoms with van der Waals surface area (Å²) in [5, 5.41) is 17.9. The quantitative estimate of drug-likeness (QED) is 0.440. The highest BCUT2D eigenvalue weighted by molar-refractivity contribution is 5.79. The molecule has 0 spiro atoms. The molecule has 2 aliphatic rings. The number of hydrogen-bond acceptors (Lipinski definition) is 3. The van der Waals surface area contributed by atoms with Gasteiger partial charge in [-0.1, -0.05) is 12.1 Å². The van der Waals surface area contributed by atoms with Crippen molar-refractivity contribution in [3.8, 4) is 11.4 Å². The van der Waals surface area contributed by atoms with Gasteiger partial charge in [0, 0.05) is 0 Å². The lowest BCUT2D eigenvalue weighted by Crippen LogP contribution is -2.08. The van der Waals surface area contributed by atoms with Crippen molar-refractivity contribution in [2.75, 3.05) is 0 Å². The fourth-order valence-electron chi connectivity index (χ4n) is 1.78. The maximum atomic E-state index is 10.0. The summed E-state index contributed by atoms with van der Waals surface area (Å²) < 4.78 is 1.08. The second-order valence-corrected chi connectivity index (χ2v) is 3.62. The summed E-state index contributed by atoms with van der Waals surface area (Å²) in [5.41, 5.74) is 2.60. The Balaban J connectivity index is 2.57. The smallest absolute Gasteiger partial charge is 0.108 e. The molecule has 2 N–H and O–H groups in total. The van der Waals surface area contributed by atoms with E-state index in [-0.39, 0.29) is 0 Å². The lowest BCUT2D eigenvalue weighted by atomic mass is 10.2. The van der Waals surface area contributed by atoms with Gasteiger partial charge in [0.25, 0.3) is 0 Å². The molecule has 0 bridgehead atoms. The van der Waals surface area contributed by atoms with Crippen molar-refractivity contribution in [1.82, 2.24) is 9.71 Å². The summed E-state index contributed by atoms with van der Waals surface area (Å²) in [7, 11) is 0. The molecule has 1 aromatic rings. The van der Waals surface area contributed by atoms with Gasteiger partial charge < -0.3 is 10.6 Å². The molecule has 0 saturated heterocycles. The zero-order valence-electron chi connectivity index (χ0n) is 8.38. The van der Waals surface area contributed by atoms with E-state index in [1.807, 2.05) is 18.2 Å². The van der Waals surface area contributed by atoms with E-state index >= 15 is 0 Å². The van der Waals surface area contributed by atoms with Crippen LogP contribution in [0.5, 0.6) is 0 Å². The molecule has 1 heterocycles. The molecule has 4 heteroatoms. The molecule has 1 aromatic carbocycles. The number of hydrogen-bond donors (Lipinski definition) is 2. The minimum atomic E-state index is 0.354. The maximum absolute atomic E-state index is 10.0. The van der Waals surface area contributed by atoms with Crippen molar-refractivity contribution < 1.29 is 5.21 Å². The van der Waals surface area contributed by atoms with Crippen LogP contribution in [-0.4, -0.2) is 14.9 Å². The van der Waals surface area contributed by atoms with E-state index in [1.165, 1.54) is 0 Å². The van der Waals surface area contributed by atoms with Crippen LogP contribution in [0.1, 0.15) is 0 Å². The van der Waals surface area contributed by atoms with Crippen LogP contribution in [0.4, 0.5) is 0 Å². The van der Waals surface area contributed by atoms with Crippen molar-refractivity contribution in [3.63, 3.8) is 0 Å². The van der Waals surface area contributed by atoms with E-state index in [9.17, 15) is 5.21 Å². The van der Waals surface area contributed by atoms with E-state index in [2.05, 4.69) is 4.98 Å². The van der Waals surface area contributed by atoms with Gasteiger partial charge in [0.15, 0.2) is 0 Å². The molecule has 3 rings (SSSR count). The predicted molar refractivity (Wildman–Crippen MR) is 59.4 cm³/mol. The maximum Gasteiger partial charge on any atom is 0.108 e. The number of nitrogens with one attached hydrogen (secondary N) is 1. The largest absolute Gasteiger partial charge is 0.428 e. The van der Waals surface area contributed by atoms with Crippen LogP contribution in [0.15, 0.2) is 42.5 Å². The summed E-state index contributed by atoms with van der Waals surface area (Å²) in [6.07, 6.45) is 0. The summed E-state index contributed by atoms with van der Waals surface area (Å²) in [4.78, 5) is 4.42. The number of para-hydroxylation sites is 2. The summed E-state index contributed by atoms with van der Waals surface area (Å²) in [6.45, 7) is 0. The van der Waals surface area contributed by atoms with Gasteiger partial charge in [-0.05, 0) is 30.3 Å². The van der Waals surface area contributed by atoms with Crippen LogP contribution in [0.3, 0.4) is 0 Å². The highest BCUT2D eigenvalue weighted by Gasteiger charge is 2.10. The Kier molecular flexibility index (Phi) is 1.71. The topological polar surface area (TPSA) is 61.9 Å². The fraction of sp³-hybridized carbons (Fsp3) is 0. The summed E-state index contributed by atoms with van der Waals surface area (Å²) >= 11 is 0. The third kappa shape index (κ3) is 1.16. The zero-order chi connectivity index (χ0) is 11.1. The third-order valence-corrected chi connectivity index (χ3v) is 2.55. The minimum absolute atomic E-state index is 0.354. The first-order valence-corrected chi connectivity index (χ1v) is 4.91. The van der Waals surface area contributed by atoms with Gasteiger partial charge in [0.1, 0.15) is 11.2 Å². The number of benzene rings is 2. The van der Waals surface area contributed by atoms with Crippen LogP contribution in [0.2, 0.25) is 0 Å². The van der Waals surface area contributed by atoms with Crippen LogP contribution in [0.25, 0.3) is 22.4 Å². The second kappa shape index (κ2) is 3.06. The molecule has 16 heavy (non-hydrogen) atoms. The number of rotatable bonds is 0. The van der Waals surface area contributed by atoms with Crippen molar-refractivity contribution in [1.29, 1.82) is 5.41 Å². The highest BCUT2D eigenvalue weighted by Crippen LogP contribution is 2.21. The molecule has 1 aliphatic carbocycles. The minimum Gasteiger partial charge on any atom is -0.428 e. The Morgan fingerprint density at radius 3 is 2.81 bits per heavy atom. The van der Waals surface area contributed by atoms with E-state index in [0.29, 0.717) is 22.3 Å². The van der Waals surface area contributed by atoms with Gasteiger partial charge in [0.05, 0.1) is 16.6 Å². The standard InChI is InChI=1S/C12H9N3O/c13-8-5-6-10-12(7-8)15(16)11-4-2-1-3-9(11)14-10/h1-7,13,16H. The molecular weight excluding hydrogens is 202 g/mol. The van der Waals surface area contributed by atoms with Crippen LogP contribution >= 0.6 is 0 Å². The van der Waals surface area contributed by atoms with Crippen LogP contribution in [0, 0.1) is 5.41 Å². The van der Waals surface area contributed by atoms with Gasteiger partial charge in [-0.2, -0.15) is 4.73 Å². The molecule has 0 radical (unpaired) electrons. The predicted octanol–water partition coefficient (Wildman–Crippen LogP) is 1.86. The lowest BCUT2D eigenvalue weighted by molar-refractivity contribution is 0.202. The van der Waals surface area contributed by atoms with E-state index < -0.39 is 0 Å². The third-order valence-electron chi connectivity index (χ3n) is 2.55. The van der Waals surface area contributed by atoms with Gasteiger partial charge in [-0.3, -0.25) is 0 Å². The second-order valence-electron chi connectivity index (χ2n) is 3.62. The molecular formula is C12H9N3O. The Bertz CT molecular complexity index is 702. The average Bonchev–Trinajstić information content (AvgIpc) is 2.31. The monoisotopic (exact) mass is 211 g/mol. The molecule has 78 valence electrons. The van der Waals surface area contributed by atoms with Crippen molar-refractivity contribution in [2.45, 2.75) is 0 Å². The average molecular weight is 211 g/mol. The number of nitrogens with zero attached hydrogens (tertiary/aromatic N) is 2. The fourth-order valence-corrected chi connectivity index (χ4v) is 1.78. The summed E-state index contributed by atoms with van der Waals surface area (Å²) in [5.74, 6) is 0. The molecule has 4 nitrogen and oxygen atoms in total. The van der Waals surface area contributed by atoms with Gasteiger partial charge >= 0.3 is 0 Å². The lowest BCUT2D eigenvalue weighted by Gasteiger charge is -2.11. The van der Waals surface area contributed by atoms with E-state index in [0.717, 1.165) is 10.2 Å². The number of fused-ring (bicyclic) bond motifs is 2. The molecule has 0 aromatic heterocycles. The van der Waals surface area contributed by atoms with Gasteiger partial charge in [-0.15, -0.1) is 0 Å². The van der Waals surface area contributed by atoms with Gasteiger partial charge in [0.2, 0.25) is 0 Å². The first kappa shape index (κ1) is 8.91. The van der Waals surface area contributed by atoms with Crippen LogP contribution < -0.4 is 5.36 Å². The van der Waals surface area contributed by atoms with Crippen molar-refractivity contribution in [2.24, 2.45) is 0 Å². The highest BCUT2D eigenvalue weighted by atomic mass is 16.5. The molecule has 1 aliphatic heterocycles. The Morgan fingerprint density at radius 1 is 1.12 bits per heavy atom. The normalized spacial score (nSPS) is 11.0.